The molecule has 7 aromatic carbocycles. The molecule has 0 saturated heterocycles. The van der Waals surface area contributed by atoms with E-state index >= 15 is 0 Å². The Balaban J connectivity index is 0.000000427. The lowest BCUT2D eigenvalue weighted by Gasteiger charge is -2.08. The average molecular weight is 1440 g/mol. The van der Waals surface area contributed by atoms with E-state index in [1.165, 1.54) is 135 Å². The minimum absolute atomic E-state index is 0.250. The van der Waals surface area contributed by atoms with Crippen molar-refractivity contribution in [2.75, 3.05) is 80.3 Å². The van der Waals surface area contributed by atoms with Crippen LogP contribution in [0, 0.1) is 0 Å². The first-order valence-corrected chi connectivity index (χ1v) is 39.9. The molecule has 0 heterocycles. The van der Waals surface area contributed by atoms with Gasteiger partial charge in [-0.1, -0.05) is 203 Å². The SMILES string of the molecule is CCCCCOc1cccc(CCCC)c1.CCCCc1cccc(OCCCC(N)=O)c1.CCCCc1cccc(OCCCCO)c1.CCCCc1cccc(OCCCCOC)c1.CCCCc1cccc(OCCCCOCc2ccccc2)c1.CCCCc1cccc(OCCOC)c1. The van der Waals surface area contributed by atoms with Crippen LogP contribution in [0.25, 0.3) is 0 Å². The topological polar surface area (TPSA) is 146 Å². The fraction of sp³-hybridized carbons (Fsp3) is 0.533. The van der Waals surface area contributed by atoms with E-state index in [-0.39, 0.29) is 12.5 Å². The first-order chi connectivity index (χ1) is 51.1. The van der Waals surface area contributed by atoms with Crippen LogP contribution in [0.1, 0.15) is 235 Å². The summed E-state index contributed by atoms with van der Waals surface area (Å²) in [5.74, 6) is 5.52. The van der Waals surface area contributed by atoms with Gasteiger partial charge in [-0.2, -0.15) is 0 Å². The quantitative estimate of drug-likeness (QED) is 0.0351. The molecule has 3 N–H and O–H groups in total. The summed E-state index contributed by atoms with van der Waals surface area (Å²) in [4.78, 5) is 10.5. The molecule has 0 aliphatic rings. The normalized spacial score (nSPS) is 10.4. The van der Waals surface area contributed by atoms with Crippen molar-refractivity contribution in [1.29, 1.82) is 0 Å². The second-order valence-corrected chi connectivity index (χ2v) is 26.2. The Morgan fingerprint density at radius 3 is 0.856 bits per heavy atom. The van der Waals surface area contributed by atoms with E-state index in [2.05, 4.69) is 158 Å². The number of nitrogens with two attached hydrogens (primary N) is 1. The van der Waals surface area contributed by atoms with E-state index < -0.39 is 0 Å². The molecule has 0 aliphatic carbocycles. The predicted molar refractivity (Wildman–Crippen MR) is 436 cm³/mol. The van der Waals surface area contributed by atoms with Gasteiger partial charge < -0.3 is 53.5 Å². The van der Waals surface area contributed by atoms with Gasteiger partial charge >= 0.3 is 0 Å². The minimum atomic E-state index is -0.273. The molecule has 7 aromatic rings. The second-order valence-electron chi connectivity index (χ2n) is 26.2. The van der Waals surface area contributed by atoms with E-state index in [4.69, 9.17) is 53.5 Å². The van der Waals surface area contributed by atoms with Crippen LogP contribution in [0.3, 0.4) is 0 Å². The molecule has 0 bridgehead atoms. The van der Waals surface area contributed by atoms with Gasteiger partial charge in [0.05, 0.1) is 46.2 Å². The highest BCUT2D eigenvalue weighted by molar-refractivity contribution is 5.73. The molecule has 1 amide bonds. The Morgan fingerprint density at radius 2 is 0.558 bits per heavy atom. The Morgan fingerprint density at radius 1 is 0.288 bits per heavy atom. The number of unbranched alkanes of at least 4 members (excludes halogenated alkanes) is 11. The first kappa shape index (κ1) is 92.7. The number of carbonyl (C=O) groups is 1. The fourth-order valence-electron chi connectivity index (χ4n) is 10.5. The summed E-state index contributed by atoms with van der Waals surface area (Å²) >= 11 is 0. The molecule has 104 heavy (non-hydrogen) atoms. The van der Waals surface area contributed by atoms with Crippen molar-refractivity contribution in [2.24, 2.45) is 5.73 Å². The van der Waals surface area contributed by atoms with Crippen LogP contribution in [0.15, 0.2) is 176 Å². The molecule has 0 aliphatic heterocycles. The lowest BCUT2D eigenvalue weighted by Crippen LogP contribution is -2.11. The number of benzene rings is 7. The van der Waals surface area contributed by atoms with Crippen molar-refractivity contribution in [3.8, 4) is 34.5 Å². The van der Waals surface area contributed by atoms with E-state index in [1.807, 2.05) is 66.7 Å². The maximum atomic E-state index is 10.5. The van der Waals surface area contributed by atoms with Gasteiger partial charge in [-0.3, -0.25) is 4.79 Å². The van der Waals surface area contributed by atoms with Crippen molar-refractivity contribution in [2.45, 2.75) is 241 Å². The number of carbonyl (C=O) groups excluding carboxylic acids is 1. The fourth-order valence-corrected chi connectivity index (χ4v) is 10.5. The van der Waals surface area contributed by atoms with Crippen LogP contribution in [0.4, 0.5) is 0 Å². The van der Waals surface area contributed by atoms with Crippen molar-refractivity contribution in [1.82, 2.24) is 0 Å². The Kier molecular flexibility index (Phi) is 60.2. The van der Waals surface area contributed by atoms with E-state index in [0.29, 0.717) is 45.9 Å². The highest BCUT2D eigenvalue weighted by Crippen LogP contribution is 2.21. The molecule has 578 valence electrons. The summed E-state index contributed by atoms with van der Waals surface area (Å²) in [7, 11) is 3.42. The molecule has 12 heteroatoms. The minimum Gasteiger partial charge on any atom is -0.494 e. The highest BCUT2D eigenvalue weighted by atomic mass is 16.5. The number of aliphatic hydroxyl groups excluding tert-OH is 1. The molecule has 0 spiro atoms. The molecular formula is C92H139NO11. The van der Waals surface area contributed by atoms with E-state index in [1.54, 1.807) is 14.2 Å². The van der Waals surface area contributed by atoms with Gasteiger partial charge in [0.15, 0.2) is 0 Å². The van der Waals surface area contributed by atoms with Gasteiger partial charge in [-0.25, -0.2) is 0 Å². The first-order valence-electron chi connectivity index (χ1n) is 39.9. The molecule has 0 radical (unpaired) electrons. The number of hydrogen-bond acceptors (Lipinski definition) is 11. The zero-order valence-electron chi connectivity index (χ0n) is 66.1. The summed E-state index contributed by atoms with van der Waals surface area (Å²) in [6.07, 6.45) is 32.2. The molecule has 12 nitrogen and oxygen atoms in total. The molecule has 0 saturated carbocycles. The van der Waals surface area contributed by atoms with Gasteiger partial charge in [-0.15, -0.1) is 0 Å². The third-order valence-corrected chi connectivity index (χ3v) is 16.6. The molecule has 0 unspecified atom stereocenters. The summed E-state index contributed by atoms with van der Waals surface area (Å²) in [6, 6.07) is 60.5. The van der Waals surface area contributed by atoms with E-state index in [9.17, 15) is 4.79 Å². The van der Waals surface area contributed by atoms with Crippen molar-refractivity contribution in [3.63, 3.8) is 0 Å². The maximum Gasteiger partial charge on any atom is 0.217 e. The second kappa shape index (κ2) is 67.5. The standard InChI is InChI=1S/C21H28O2.C15H24O2.C15H24O.C14H21NO2.C14H22O2.C13H20O2/c1-2-3-10-19-13-9-14-21(17-19)23-16-8-7-15-22-18-20-11-5-4-6-12-20;1-3-4-8-14-9-7-10-15(13-14)17-12-6-5-11-16-2;1-3-5-7-12-16-15-11-8-10-14(13-15)9-6-4-2;1-2-3-6-12-7-4-8-13(11-12)17-10-5-9-14(15)16;1-2-3-7-13-8-6-9-14(12-13)16-11-5-4-10-15;1-3-4-6-12-7-5-8-13(11-12)15-10-9-14-2/h4-6,9,11-14,17H,2-3,7-8,10,15-16,18H2,1H3;7,9-10,13H,3-6,8,11-12H2,1-2H3;8,10-11,13H,3-7,9,12H2,1-2H3;4,7-8,11H,2-3,5-6,9-10H2,1H3,(H2,15,16);6,8-9,12,15H,2-5,7,10-11H2,1H3;5,7-8,11H,3-4,6,9-10H2,1-2H3. The van der Waals surface area contributed by atoms with Crippen molar-refractivity contribution in [3.05, 3.63) is 215 Å². The van der Waals surface area contributed by atoms with Gasteiger partial charge in [0.2, 0.25) is 5.91 Å². The van der Waals surface area contributed by atoms with Crippen LogP contribution in [-0.2, 0) is 64.1 Å². The Bertz CT molecular complexity index is 3000. The lowest BCUT2D eigenvalue weighted by atomic mass is 10.1. The van der Waals surface area contributed by atoms with Gasteiger partial charge in [-0.05, 0) is 240 Å². The number of aryl methyl sites for hydroxylation is 6. The summed E-state index contributed by atoms with van der Waals surface area (Å²) in [5.41, 5.74) is 14.4. The van der Waals surface area contributed by atoms with Crippen molar-refractivity contribution < 1.29 is 52.5 Å². The van der Waals surface area contributed by atoms with Gasteiger partial charge in [0, 0.05) is 40.5 Å². The number of methoxy groups -OCH3 is 2. The molecular weight excluding hydrogens is 1300 g/mol. The van der Waals surface area contributed by atoms with Gasteiger partial charge in [0.1, 0.15) is 41.1 Å². The lowest BCUT2D eigenvalue weighted by molar-refractivity contribution is -0.118. The van der Waals surface area contributed by atoms with Crippen LogP contribution >= 0.6 is 0 Å². The number of amides is 1. The zero-order valence-corrected chi connectivity index (χ0v) is 66.1. The smallest absolute Gasteiger partial charge is 0.217 e. The number of rotatable bonds is 51. The van der Waals surface area contributed by atoms with Crippen LogP contribution in [0.2, 0.25) is 0 Å². The van der Waals surface area contributed by atoms with Crippen LogP contribution in [0.5, 0.6) is 34.5 Å². The van der Waals surface area contributed by atoms with Crippen molar-refractivity contribution >= 4 is 5.91 Å². The molecule has 0 fully saturated rings. The number of hydrogen-bond donors (Lipinski definition) is 2. The third-order valence-electron chi connectivity index (χ3n) is 16.6. The molecule has 0 atom stereocenters. The zero-order chi connectivity index (χ0) is 75.2. The number of aliphatic hydroxyl groups is 1. The third kappa shape index (κ3) is 52.6. The monoisotopic (exact) mass is 1430 g/mol. The van der Waals surface area contributed by atoms with Crippen LogP contribution in [-0.4, -0.2) is 91.3 Å². The van der Waals surface area contributed by atoms with E-state index in [0.717, 1.165) is 145 Å². The number of ether oxygens (including phenoxy) is 9. The molecule has 7 rings (SSSR count). The number of primary amides is 1. The van der Waals surface area contributed by atoms with Gasteiger partial charge in [0.25, 0.3) is 0 Å². The Labute approximate surface area is 631 Å². The summed E-state index contributed by atoms with van der Waals surface area (Å²) in [5, 5.41) is 8.65. The summed E-state index contributed by atoms with van der Waals surface area (Å²) in [6.45, 7) is 22.9. The Hall–Kier alpha value is -7.35. The predicted octanol–water partition coefficient (Wildman–Crippen LogP) is 22.7. The molecule has 0 aromatic heterocycles. The van der Waals surface area contributed by atoms with Crippen LogP contribution < -0.4 is 34.2 Å². The largest absolute Gasteiger partial charge is 0.494 e. The summed E-state index contributed by atoms with van der Waals surface area (Å²) < 4.78 is 49.6. The average Bonchev–Trinajstić information content (AvgIpc) is 1.01. The highest BCUT2D eigenvalue weighted by Gasteiger charge is 2.05. The maximum absolute atomic E-state index is 10.5.